The van der Waals surface area contributed by atoms with Gasteiger partial charge in [0, 0.05) is 23.7 Å². The largest absolute Gasteiger partial charge is 0.383 e. The number of rotatable bonds is 2. The first-order chi connectivity index (χ1) is 16.8. The Morgan fingerprint density at radius 1 is 0.829 bits per heavy atom. The maximum Gasteiger partial charge on any atom is 0.187 e. The molecule has 1 N–H and O–H groups in total. The summed E-state index contributed by atoms with van der Waals surface area (Å²) in [6.45, 7) is 13.5. The fraction of sp³-hybridized carbons (Fsp3) is 0.333. The molecule has 0 saturated carbocycles. The highest BCUT2D eigenvalue weighted by atomic mass is 14.9. The van der Waals surface area contributed by atoms with Gasteiger partial charge in [-0.2, -0.15) is 0 Å². The van der Waals surface area contributed by atoms with Crippen LogP contribution in [-0.4, -0.2) is 13.3 Å². The zero-order valence-electron chi connectivity index (χ0n) is 21.6. The van der Waals surface area contributed by atoms with Crippen molar-refractivity contribution in [1.82, 2.24) is 5.32 Å². The highest BCUT2D eigenvalue weighted by Crippen LogP contribution is 2.73. The maximum absolute atomic E-state index is 3.89. The molecule has 0 atom stereocenters. The fourth-order valence-corrected chi connectivity index (χ4v) is 8.12. The molecular weight excluding hydrogens is 421 g/mol. The first kappa shape index (κ1) is 21.3. The highest BCUT2D eigenvalue weighted by molar-refractivity contribution is 6.89. The number of nitrogens with one attached hydrogen (secondary N) is 1. The van der Waals surface area contributed by atoms with Gasteiger partial charge in [-0.1, -0.05) is 130 Å². The zero-order valence-corrected chi connectivity index (χ0v) is 21.6. The van der Waals surface area contributed by atoms with Crippen molar-refractivity contribution in [3.8, 4) is 0 Å². The Morgan fingerprint density at radius 3 is 2.06 bits per heavy atom. The fourth-order valence-electron chi connectivity index (χ4n) is 8.12. The summed E-state index contributed by atoms with van der Waals surface area (Å²) in [5.74, 6) is 0.435. The highest BCUT2D eigenvalue weighted by Gasteiger charge is 2.68. The van der Waals surface area contributed by atoms with E-state index in [1.807, 2.05) is 0 Å². The smallest absolute Gasteiger partial charge is 0.187 e. The Hall–Kier alpha value is -3.00. The Labute approximate surface area is 210 Å². The summed E-state index contributed by atoms with van der Waals surface area (Å²) in [6, 6.07) is 26.0. The lowest BCUT2D eigenvalue weighted by molar-refractivity contribution is 0.604. The van der Waals surface area contributed by atoms with Crippen molar-refractivity contribution in [2.45, 2.75) is 63.0 Å². The molecule has 7 rings (SSSR count). The molecule has 2 aliphatic heterocycles. The van der Waals surface area contributed by atoms with Gasteiger partial charge < -0.3 is 5.32 Å². The molecule has 2 heterocycles. The summed E-state index contributed by atoms with van der Waals surface area (Å²) >= 11 is 0. The van der Waals surface area contributed by atoms with E-state index < -0.39 is 0 Å². The van der Waals surface area contributed by atoms with Crippen LogP contribution in [0, 0.1) is 0 Å². The molecular formula is C33H34BN. The molecule has 35 heavy (non-hydrogen) atoms. The van der Waals surface area contributed by atoms with E-state index in [4.69, 9.17) is 0 Å². The quantitative estimate of drug-likeness (QED) is 0.409. The van der Waals surface area contributed by atoms with Crippen LogP contribution in [0.4, 0.5) is 0 Å². The third-order valence-corrected chi connectivity index (χ3v) is 10.3. The van der Waals surface area contributed by atoms with E-state index in [1.165, 1.54) is 50.1 Å². The molecule has 4 aliphatic rings. The average molecular weight is 455 g/mol. The SMILES string of the molecule is CCC1c2ccccc2C2(C3=C(C=CCN3)c3ccc(B4C(C)(C)C4(C)C)cc32)c2ccccc21. The van der Waals surface area contributed by atoms with E-state index in [2.05, 4.69) is 119 Å². The molecule has 2 aliphatic carbocycles. The standard InChI is InChI=1S/C33H34BN/c1-6-22-23-12-7-9-15-27(23)33(28-16-10-8-13-24(22)28)29-20-21(34-31(2,3)32(34,4)5)17-18-25(29)26-14-11-19-35-30(26)33/h7-18,20,22,35H,6,19H2,1-5H3. The molecule has 0 radical (unpaired) electrons. The van der Waals surface area contributed by atoms with Crippen LogP contribution in [0.1, 0.15) is 80.3 Å². The molecule has 1 nitrogen and oxygen atoms in total. The molecule has 2 heteroatoms. The topological polar surface area (TPSA) is 12.0 Å². The minimum absolute atomic E-state index is 0.284. The maximum atomic E-state index is 3.89. The van der Waals surface area contributed by atoms with Gasteiger partial charge in [0.05, 0.1) is 5.41 Å². The second-order valence-electron chi connectivity index (χ2n) is 12.1. The lowest BCUT2D eigenvalue weighted by Crippen LogP contribution is -2.42. The third kappa shape index (κ3) is 2.41. The molecule has 1 saturated heterocycles. The van der Waals surface area contributed by atoms with Gasteiger partial charge in [0.2, 0.25) is 0 Å². The monoisotopic (exact) mass is 455 g/mol. The Bertz CT molecular complexity index is 1390. The van der Waals surface area contributed by atoms with Gasteiger partial charge >= 0.3 is 0 Å². The number of hydrogen-bond acceptors (Lipinski definition) is 1. The van der Waals surface area contributed by atoms with Crippen LogP contribution >= 0.6 is 0 Å². The first-order valence-corrected chi connectivity index (χ1v) is 13.3. The lowest BCUT2D eigenvalue weighted by Gasteiger charge is -2.44. The van der Waals surface area contributed by atoms with Gasteiger partial charge in [-0.15, -0.1) is 0 Å². The zero-order chi connectivity index (χ0) is 24.2. The molecule has 0 aromatic heterocycles. The van der Waals surface area contributed by atoms with Crippen LogP contribution in [0.5, 0.6) is 0 Å². The predicted octanol–water partition coefficient (Wildman–Crippen LogP) is 7.04. The molecule has 0 amide bonds. The third-order valence-electron chi connectivity index (χ3n) is 10.3. The van der Waals surface area contributed by atoms with Crippen molar-refractivity contribution in [2.75, 3.05) is 6.54 Å². The number of allylic oxidation sites excluding steroid dienone is 3. The van der Waals surface area contributed by atoms with Crippen molar-refractivity contribution in [3.63, 3.8) is 0 Å². The van der Waals surface area contributed by atoms with Gasteiger partial charge in [-0.3, -0.25) is 0 Å². The number of benzene rings is 3. The van der Waals surface area contributed by atoms with E-state index in [-0.39, 0.29) is 5.41 Å². The van der Waals surface area contributed by atoms with Gasteiger partial charge in [-0.05, 0) is 39.8 Å². The van der Waals surface area contributed by atoms with E-state index in [9.17, 15) is 0 Å². The van der Waals surface area contributed by atoms with Crippen LogP contribution in [0.15, 0.2) is 84.6 Å². The number of dihydropyridines is 1. The summed E-state index contributed by atoms with van der Waals surface area (Å²) in [5, 5.41) is 4.52. The summed E-state index contributed by atoms with van der Waals surface area (Å²) < 4.78 is 0. The van der Waals surface area contributed by atoms with E-state index in [0.717, 1.165) is 13.0 Å². The number of hydrogen-bond donors (Lipinski definition) is 1. The van der Waals surface area contributed by atoms with E-state index in [1.54, 1.807) is 0 Å². The van der Waals surface area contributed by atoms with Crippen LogP contribution in [-0.2, 0) is 5.41 Å². The van der Waals surface area contributed by atoms with Gasteiger partial charge in [0.25, 0.3) is 0 Å². The minimum atomic E-state index is -0.284. The van der Waals surface area contributed by atoms with Gasteiger partial charge in [0.15, 0.2) is 6.71 Å². The Kier molecular flexibility index (Phi) is 4.15. The van der Waals surface area contributed by atoms with Crippen LogP contribution in [0.2, 0.25) is 10.6 Å². The Balaban J connectivity index is 1.59. The Morgan fingerprint density at radius 2 is 1.46 bits per heavy atom. The summed E-state index contributed by atoms with van der Waals surface area (Å²) in [7, 11) is 0. The second kappa shape index (κ2) is 6.81. The van der Waals surface area contributed by atoms with Gasteiger partial charge in [-0.25, -0.2) is 0 Å². The van der Waals surface area contributed by atoms with E-state index in [0.29, 0.717) is 23.3 Å². The minimum Gasteiger partial charge on any atom is -0.383 e. The van der Waals surface area contributed by atoms with Crippen molar-refractivity contribution in [2.24, 2.45) is 0 Å². The number of fused-ring (bicyclic) bond motifs is 8. The average Bonchev–Trinajstić information content (AvgIpc) is 3.14. The predicted molar refractivity (Wildman–Crippen MR) is 149 cm³/mol. The lowest BCUT2D eigenvalue weighted by atomic mass is 9.51. The van der Waals surface area contributed by atoms with Crippen LogP contribution < -0.4 is 10.8 Å². The molecule has 3 aromatic rings. The van der Waals surface area contributed by atoms with Crippen LogP contribution in [0.3, 0.4) is 0 Å². The molecule has 1 spiro atoms. The summed E-state index contributed by atoms with van der Waals surface area (Å²) in [6.07, 6.45) is 5.75. The molecule has 0 bridgehead atoms. The van der Waals surface area contributed by atoms with Crippen molar-refractivity contribution in [1.29, 1.82) is 0 Å². The van der Waals surface area contributed by atoms with E-state index >= 15 is 0 Å². The summed E-state index contributed by atoms with van der Waals surface area (Å²) in [5.41, 5.74) is 12.7. The molecule has 3 aromatic carbocycles. The van der Waals surface area contributed by atoms with Crippen molar-refractivity contribution in [3.05, 3.63) is 118 Å². The second-order valence-corrected chi connectivity index (χ2v) is 12.1. The van der Waals surface area contributed by atoms with Gasteiger partial charge in [0.1, 0.15) is 0 Å². The molecule has 0 unspecified atom stereocenters. The van der Waals surface area contributed by atoms with Crippen LogP contribution in [0.25, 0.3) is 5.57 Å². The molecule has 174 valence electrons. The van der Waals surface area contributed by atoms with Crippen molar-refractivity contribution < 1.29 is 0 Å². The molecule has 1 fully saturated rings. The first-order valence-electron chi connectivity index (χ1n) is 13.3. The normalized spacial score (nSPS) is 26.1. The summed E-state index contributed by atoms with van der Waals surface area (Å²) in [4.78, 5) is 0. The van der Waals surface area contributed by atoms with Crippen molar-refractivity contribution >= 4 is 17.7 Å².